The Balaban J connectivity index is 1.83. The normalized spacial score (nSPS) is 14.3. The number of nitrogens with zero attached hydrogens (tertiary/aromatic N) is 6. The third kappa shape index (κ3) is 4.16. The van der Waals surface area contributed by atoms with E-state index in [0.29, 0.717) is 39.8 Å². The molecule has 3 aromatic rings. The van der Waals surface area contributed by atoms with Gasteiger partial charge in [0.1, 0.15) is 11.9 Å². The van der Waals surface area contributed by atoms with Gasteiger partial charge in [0.05, 0.1) is 16.9 Å². The molecule has 3 heterocycles. The van der Waals surface area contributed by atoms with Crippen LogP contribution in [0.5, 0.6) is 0 Å². The molecule has 0 bridgehead atoms. The molecular formula is C22H24FN9. The molecule has 1 aliphatic rings. The van der Waals surface area contributed by atoms with Gasteiger partial charge < -0.3 is 16.4 Å². The minimum absolute atomic E-state index is 0.0316. The van der Waals surface area contributed by atoms with Crippen LogP contribution < -0.4 is 27.2 Å². The SMILES string of the molecule is CN(N)c1ncc(-c2cnc(N3CCC(N)CC3)nc2-c2ccc(C#N)c(F)c2)cc1N. The zero-order chi connectivity index (χ0) is 22.8. The van der Waals surface area contributed by atoms with Crippen LogP contribution in [0.3, 0.4) is 0 Å². The van der Waals surface area contributed by atoms with E-state index in [-0.39, 0.29) is 11.6 Å². The van der Waals surface area contributed by atoms with Gasteiger partial charge in [-0.1, -0.05) is 6.07 Å². The summed E-state index contributed by atoms with van der Waals surface area (Å²) in [6.45, 7) is 1.49. The molecule has 6 N–H and O–H groups in total. The third-order valence-corrected chi connectivity index (χ3v) is 5.50. The first kappa shape index (κ1) is 21.4. The smallest absolute Gasteiger partial charge is 0.225 e. The van der Waals surface area contributed by atoms with Crippen LogP contribution in [-0.2, 0) is 0 Å². The number of piperidine rings is 1. The van der Waals surface area contributed by atoms with Gasteiger partial charge in [0, 0.05) is 55.3 Å². The molecule has 0 amide bonds. The maximum absolute atomic E-state index is 14.4. The van der Waals surface area contributed by atoms with E-state index in [2.05, 4.69) is 14.9 Å². The van der Waals surface area contributed by atoms with E-state index in [9.17, 15) is 4.39 Å². The number of nitrogen functional groups attached to an aromatic ring is 1. The van der Waals surface area contributed by atoms with Crippen LogP contribution in [0.1, 0.15) is 18.4 Å². The van der Waals surface area contributed by atoms with Crippen LogP contribution >= 0.6 is 0 Å². The standard InChI is InChI=1S/C22H24FN9/c1-31(27)21-19(26)9-15(11-28-21)17-12-29-22(32-6-4-16(25)5-7-32)30-20(17)13-2-3-14(10-24)18(23)8-13/h2-3,8-9,11-12,16H,4-7,25-27H2,1H3. The third-order valence-electron chi connectivity index (χ3n) is 5.50. The van der Waals surface area contributed by atoms with Crippen molar-refractivity contribution in [3.05, 3.63) is 48.0 Å². The molecule has 10 heteroatoms. The first-order valence-electron chi connectivity index (χ1n) is 10.2. The van der Waals surface area contributed by atoms with E-state index >= 15 is 0 Å². The van der Waals surface area contributed by atoms with Gasteiger partial charge in [0.2, 0.25) is 5.95 Å². The van der Waals surface area contributed by atoms with Crippen LogP contribution in [0.15, 0.2) is 36.7 Å². The number of benzene rings is 1. The van der Waals surface area contributed by atoms with Gasteiger partial charge in [-0.15, -0.1) is 0 Å². The molecule has 1 aliphatic heterocycles. The van der Waals surface area contributed by atoms with Gasteiger partial charge in [0.25, 0.3) is 0 Å². The van der Waals surface area contributed by atoms with Crippen molar-refractivity contribution >= 4 is 17.5 Å². The van der Waals surface area contributed by atoms with Crippen molar-refractivity contribution in [2.75, 3.05) is 35.8 Å². The second-order valence-electron chi connectivity index (χ2n) is 7.81. The maximum atomic E-state index is 14.4. The Bertz CT molecular complexity index is 1180. The highest BCUT2D eigenvalue weighted by molar-refractivity contribution is 5.83. The average Bonchev–Trinajstić information content (AvgIpc) is 2.79. The Morgan fingerprint density at radius 1 is 1.16 bits per heavy atom. The molecule has 4 rings (SSSR count). The lowest BCUT2D eigenvalue weighted by atomic mass is 10.0. The molecule has 0 spiro atoms. The number of aromatic nitrogens is 3. The Morgan fingerprint density at radius 2 is 1.91 bits per heavy atom. The monoisotopic (exact) mass is 433 g/mol. The van der Waals surface area contributed by atoms with Crippen LogP contribution in [0, 0.1) is 17.1 Å². The highest BCUT2D eigenvalue weighted by Crippen LogP contribution is 2.34. The molecule has 0 unspecified atom stereocenters. The highest BCUT2D eigenvalue weighted by atomic mass is 19.1. The maximum Gasteiger partial charge on any atom is 0.225 e. The second-order valence-corrected chi connectivity index (χ2v) is 7.81. The summed E-state index contributed by atoms with van der Waals surface area (Å²) in [5, 5.41) is 10.4. The number of hydrogen-bond donors (Lipinski definition) is 3. The molecular weight excluding hydrogens is 409 g/mol. The van der Waals surface area contributed by atoms with Crippen LogP contribution in [-0.4, -0.2) is 41.1 Å². The summed E-state index contributed by atoms with van der Waals surface area (Å²) in [5.41, 5.74) is 14.8. The summed E-state index contributed by atoms with van der Waals surface area (Å²) in [6, 6.07) is 8.16. The van der Waals surface area contributed by atoms with Gasteiger partial charge >= 0.3 is 0 Å². The molecule has 1 aromatic carbocycles. The fraction of sp³-hybridized carbons (Fsp3) is 0.273. The Labute approximate surface area is 185 Å². The fourth-order valence-corrected chi connectivity index (χ4v) is 3.73. The quantitative estimate of drug-likeness (QED) is 0.415. The molecule has 32 heavy (non-hydrogen) atoms. The van der Waals surface area contributed by atoms with Gasteiger partial charge in [-0.3, -0.25) is 5.01 Å². The number of hydrazine groups is 1. The van der Waals surface area contributed by atoms with Crippen molar-refractivity contribution in [1.82, 2.24) is 15.0 Å². The predicted octanol–water partition coefficient (Wildman–Crippen LogP) is 2.04. The summed E-state index contributed by atoms with van der Waals surface area (Å²) >= 11 is 0. The second kappa shape index (κ2) is 8.74. The predicted molar refractivity (Wildman–Crippen MR) is 122 cm³/mol. The summed E-state index contributed by atoms with van der Waals surface area (Å²) in [7, 11) is 1.64. The summed E-state index contributed by atoms with van der Waals surface area (Å²) in [6.07, 6.45) is 5.00. The summed E-state index contributed by atoms with van der Waals surface area (Å²) in [4.78, 5) is 15.7. The van der Waals surface area contributed by atoms with Crippen molar-refractivity contribution in [2.45, 2.75) is 18.9 Å². The van der Waals surface area contributed by atoms with Gasteiger partial charge in [-0.2, -0.15) is 5.26 Å². The minimum atomic E-state index is -0.613. The number of rotatable bonds is 4. The van der Waals surface area contributed by atoms with Crippen molar-refractivity contribution in [3.63, 3.8) is 0 Å². The number of nitrogens with two attached hydrogens (primary N) is 3. The van der Waals surface area contributed by atoms with Gasteiger partial charge in [-0.05, 0) is 31.0 Å². The average molecular weight is 433 g/mol. The van der Waals surface area contributed by atoms with Crippen LogP contribution in [0.25, 0.3) is 22.4 Å². The first-order valence-corrected chi connectivity index (χ1v) is 10.2. The van der Waals surface area contributed by atoms with Crippen LogP contribution in [0.4, 0.5) is 21.8 Å². The molecule has 0 saturated carbocycles. The zero-order valence-corrected chi connectivity index (χ0v) is 17.7. The minimum Gasteiger partial charge on any atom is -0.396 e. The van der Waals surface area contributed by atoms with Gasteiger partial charge in [0.15, 0.2) is 5.82 Å². The number of hydrogen-bond acceptors (Lipinski definition) is 9. The largest absolute Gasteiger partial charge is 0.396 e. The Kier molecular flexibility index (Phi) is 5.85. The van der Waals surface area contributed by atoms with Crippen molar-refractivity contribution in [3.8, 4) is 28.5 Å². The summed E-state index contributed by atoms with van der Waals surface area (Å²) in [5.74, 6) is 6.12. The van der Waals surface area contributed by atoms with Crippen LogP contribution in [0.2, 0.25) is 0 Å². The molecule has 1 fully saturated rings. The lowest BCUT2D eigenvalue weighted by Gasteiger charge is -2.30. The van der Waals surface area contributed by atoms with E-state index < -0.39 is 5.82 Å². The molecule has 9 nitrogen and oxygen atoms in total. The molecule has 2 aromatic heterocycles. The van der Waals surface area contributed by atoms with Crippen molar-refractivity contribution in [1.29, 1.82) is 5.26 Å². The van der Waals surface area contributed by atoms with Crippen molar-refractivity contribution < 1.29 is 4.39 Å². The topological polar surface area (TPSA) is 147 Å². The molecule has 164 valence electrons. The lowest BCUT2D eigenvalue weighted by molar-refractivity contribution is 0.495. The Morgan fingerprint density at radius 3 is 2.53 bits per heavy atom. The van der Waals surface area contributed by atoms with E-state index in [1.807, 2.05) is 6.07 Å². The Hall–Kier alpha value is -3.81. The zero-order valence-electron chi connectivity index (χ0n) is 17.7. The number of halogens is 1. The number of pyridine rings is 1. The van der Waals surface area contributed by atoms with E-state index in [0.717, 1.165) is 25.9 Å². The van der Waals surface area contributed by atoms with E-state index in [1.165, 1.54) is 17.1 Å². The molecule has 1 saturated heterocycles. The van der Waals surface area contributed by atoms with E-state index in [1.54, 1.807) is 31.6 Å². The highest BCUT2D eigenvalue weighted by Gasteiger charge is 2.21. The molecule has 0 aliphatic carbocycles. The van der Waals surface area contributed by atoms with Gasteiger partial charge in [-0.25, -0.2) is 25.2 Å². The first-order chi connectivity index (χ1) is 15.4. The number of anilines is 3. The van der Waals surface area contributed by atoms with E-state index in [4.69, 9.17) is 27.6 Å². The lowest BCUT2D eigenvalue weighted by Crippen LogP contribution is -2.40. The molecule has 0 atom stereocenters. The van der Waals surface area contributed by atoms with Crippen molar-refractivity contribution in [2.24, 2.45) is 11.6 Å². The summed E-state index contributed by atoms with van der Waals surface area (Å²) < 4.78 is 14.4. The molecule has 0 radical (unpaired) electrons. The fourth-order valence-electron chi connectivity index (χ4n) is 3.73. The number of nitriles is 1.